The van der Waals surface area contributed by atoms with Gasteiger partial charge in [-0.05, 0) is 12.8 Å². The van der Waals surface area contributed by atoms with E-state index in [0.717, 1.165) is 6.54 Å². The Morgan fingerprint density at radius 2 is 1.83 bits per heavy atom. The van der Waals surface area contributed by atoms with E-state index in [2.05, 4.69) is 25.7 Å². The second kappa shape index (κ2) is 7.63. The van der Waals surface area contributed by atoms with Gasteiger partial charge in [0.15, 0.2) is 0 Å². The molecule has 0 aromatic rings. The molecule has 0 saturated carbocycles. The summed E-state index contributed by atoms with van der Waals surface area (Å²) in [5.41, 5.74) is 0. The van der Waals surface area contributed by atoms with Crippen molar-refractivity contribution in [2.24, 2.45) is 0 Å². The Labute approximate surface area is 81.2 Å². The van der Waals surface area contributed by atoms with E-state index in [1.54, 1.807) is 0 Å². The molecule has 0 aliphatic carbocycles. The van der Waals surface area contributed by atoms with Gasteiger partial charge in [0.05, 0.1) is 0 Å². The minimum absolute atomic E-state index is 0.621. The fourth-order valence-corrected chi connectivity index (χ4v) is 1.38. The molecular weight excluding hydrogens is 170 g/mol. The van der Waals surface area contributed by atoms with E-state index in [9.17, 15) is 0 Å². The van der Waals surface area contributed by atoms with Crippen molar-refractivity contribution in [3.8, 4) is 0 Å². The van der Waals surface area contributed by atoms with Crippen molar-refractivity contribution in [3.05, 3.63) is 11.6 Å². The highest BCUT2D eigenvalue weighted by molar-refractivity contribution is 6.29. The van der Waals surface area contributed by atoms with Gasteiger partial charge in [-0.25, -0.2) is 0 Å². The number of hydrogen-bond acceptors (Lipinski definition) is 1. The molecule has 0 aliphatic rings. The standard InChI is InChI=1S/C10H20ClN/c1-4-6-10(7-5-2)12-8-9(3)11/h10,12H,3-8H2,1-2H3. The van der Waals surface area contributed by atoms with E-state index in [1.165, 1.54) is 25.7 Å². The van der Waals surface area contributed by atoms with Crippen molar-refractivity contribution < 1.29 is 0 Å². The van der Waals surface area contributed by atoms with E-state index in [4.69, 9.17) is 11.6 Å². The minimum Gasteiger partial charge on any atom is -0.309 e. The van der Waals surface area contributed by atoms with Crippen LogP contribution in [0.3, 0.4) is 0 Å². The molecule has 0 aromatic heterocycles. The number of rotatable bonds is 7. The van der Waals surface area contributed by atoms with Gasteiger partial charge in [0, 0.05) is 17.6 Å². The lowest BCUT2D eigenvalue weighted by molar-refractivity contribution is 0.462. The van der Waals surface area contributed by atoms with Crippen molar-refractivity contribution in [1.82, 2.24) is 5.32 Å². The minimum atomic E-state index is 0.621. The van der Waals surface area contributed by atoms with Gasteiger partial charge in [0.1, 0.15) is 0 Å². The van der Waals surface area contributed by atoms with Crippen LogP contribution in [-0.2, 0) is 0 Å². The normalized spacial score (nSPS) is 10.7. The third kappa shape index (κ3) is 6.68. The molecule has 0 fully saturated rings. The summed E-state index contributed by atoms with van der Waals surface area (Å²) in [4.78, 5) is 0. The van der Waals surface area contributed by atoms with Crippen LogP contribution in [0.5, 0.6) is 0 Å². The molecular formula is C10H20ClN. The van der Waals surface area contributed by atoms with Crippen LogP contribution in [0.15, 0.2) is 11.6 Å². The zero-order valence-electron chi connectivity index (χ0n) is 8.20. The lowest BCUT2D eigenvalue weighted by Gasteiger charge is -2.16. The van der Waals surface area contributed by atoms with Gasteiger partial charge in [-0.1, -0.05) is 44.9 Å². The highest BCUT2D eigenvalue weighted by Crippen LogP contribution is 2.05. The Morgan fingerprint density at radius 3 is 2.17 bits per heavy atom. The Balaban J connectivity index is 3.54. The van der Waals surface area contributed by atoms with Crippen LogP contribution >= 0.6 is 11.6 Å². The predicted molar refractivity (Wildman–Crippen MR) is 56.6 cm³/mol. The maximum Gasteiger partial charge on any atom is 0.0310 e. The average molecular weight is 190 g/mol. The van der Waals surface area contributed by atoms with Crippen molar-refractivity contribution >= 4 is 11.6 Å². The molecule has 0 bridgehead atoms. The molecule has 0 rings (SSSR count). The van der Waals surface area contributed by atoms with Gasteiger partial charge < -0.3 is 5.32 Å². The lowest BCUT2D eigenvalue weighted by atomic mass is 10.1. The van der Waals surface area contributed by atoms with Crippen LogP contribution in [0.4, 0.5) is 0 Å². The summed E-state index contributed by atoms with van der Waals surface area (Å²) in [6.45, 7) is 8.81. The summed E-state index contributed by atoms with van der Waals surface area (Å²) in [5.74, 6) is 0. The van der Waals surface area contributed by atoms with Crippen molar-refractivity contribution in [3.63, 3.8) is 0 Å². The third-order valence-electron chi connectivity index (χ3n) is 1.86. The molecule has 0 saturated heterocycles. The molecule has 2 heteroatoms. The van der Waals surface area contributed by atoms with E-state index < -0.39 is 0 Å². The van der Waals surface area contributed by atoms with Crippen LogP contribution in [0.1, 0.15) is 39.5 Å². The van der Waals surface area contributed by atoms with E-state index in [1.807, 2.05) is 0 Å². The third-order valence-corrected chi connectivity index (χ3v) is 1.99. The summed E-state index contributed by atoms with van der Waals surface area (Å²) in [5, 5.41) is 4.09. The van der Waals surface area contributed by atoms with Crippen LogP contribution in [0, 0.1) is 0 Å². The van der Waals surface area contributed by atoms with Gasteiger partial charge >= 0.3 is 0 Å². The lowest BCUT2D eigenvalue weighted by Crippen LogP contribution is -2.29. The first kappa shape index (κ1) is 12.0. The largest absolute Gasteiger partial charge is 0.309 e. The second-order valence-corrected chi connectivity index (χ2v) is 3.71. The number of halogens is 1. The highest BCUT2D eigenvalue weighted by atomic mass is 35.5. The van der Waals surface area contributed by atoms with Crippen molar-refractivity contribution in [2.45, 2.75) is 45.6 Å². The van der Waals surface area contributed by atoms with Gasteiger partial charge in [-0.2, -0.15) is 0 Å². The van der Waals surface area contributed by atoms with Crippen LogP contribution in [0.25, 0.3) is 0 Å². The molecule has 0 aliphatic heterocycles. The van der Waals surface area contributed by atoms with Gasteiger partial charge in [-0.3, -0.25) is 0 Å². The average Bonchev–Trinajstić information content (AvgIpc) is 2.01. The summed E-state index contributed by atoms with van der Waals surface area (Å²) < 4.78 is 0. The summed E-state index contributed by atoms with van der Waals surface area (Å²) in [6.07, 6.45) is 4.93. The number of hydrogen-bond donors (Lipinski definition) is 1. The summed E-state index contributed by atoms with van der Waals surface area (Å²) >= 11 is 5.67. The highest BCUT2D eigenvalue weighted by Gasteiger charge is 2.04. The quantitative estimate of drug-likeness (QED) is 0.648. The van der Waals surface area contributed by atoms with Crippen LogP contribution in [0.2, 0.25) is 0 Å². The smallest absolute Gasteiger partial charge is 0.0310 e. The summed E-state index contributed by atoms with van der Waals surface area (Å²) in [7, 11) is 0. The van der Waals surface area contributed by atoms with Gasteiger partial charge in [-0.15, -0.1) is 0 Å². The molecule has 0 unspecified atom stereocenters. The maximum atomic E-state index is 5.67. The maximum absolute atomic E-state index is 5.67. The zero-order valence-corrected chi connectivity index (χ0v) is 8.95. The molecule has 0 heterocycles. The first-order valence-corrected chi connectivity index (χ1v) is 5.15. The van der Waals surface area contributed by atoms with Gasteiger partial charge in [0.2, 0.25) is 0 Å². The van der Waals surface area contributed by atoms with Crippen molar-refractivity contribution in [1.29, 1.82) is 0 Å². The fraction of sp³-hybridized carbons (Fsp3) is 0.800. The molecule has 1 N–H and O–H groups in total. The Morgan fingerprint density at radius 1 is 1.33 bits per heavy atom. The molecule has 0 spiro atoms. The molecule has 0 radical (unpaired) electrons. The van der Waals surface area contributed by atoms with Gasteiger partial charge in [0.25, 0.3) is 0 Å². The number of nitrogens with one attached hydrogen (secondary N) is 1. The molecule has 0 aromatic carbocycles. The molecule has 0 atom stereocenters. The SMILES string of the molecule is C=C(Cl)CNC(CCC)CCC. The monoisotopic (exact) mass is 189 g/mol. The first-order chi connectivity index (χ1) is 5.70. The summed E-state index contributed by atoms with van der Waals surface area (Å²) in [6, 6.07) is 0.621. The molecule has 12 heavy (non-hydrogen) atoms. The van der Waals surface area contributed by atoms with Crippen molar-refractivity contribution in [2.75, 3.05) is 6.54 Å². The molecule has 1 nitrogen and oxygen atoms in total. The fourth-order valence-electron chi connectivity index (χ4n) is 1.30. The first-order valence-electron chi connectivity index (χ1n) is 4.77. The molecule has 0 amide bonds. The predicted octanol–water partition coefficient (Wildman–Crippen LogP) is 3.30. The van der Waals surface area contributed by atoms with Crippen LogP contribution < -0.4 is 5.32 Å². The Bertz CT molecular complexity index is 117. The Hall–Kier alpha value is -0.0100. The Kier molecular flexibility index (Phi) is 7.62. The zero-order chi connectivity index (χ0) is 9.40. The van der Waals surface area contributed by atoms with E-state index in [0.29, 0.717) is 11.1 Å². The second-order valence-electron chi connectivity index (χ2n) is 3.17. The van der Waals surface area contributed by atoms with E-state index in [-0.39, 0.29) is 0 Å². The van der Waals surface area contributed by atoms with E-state index >= 15 is 0 Å². The molecule has 72 valence electrons. The van der Waals surface area contributed by atoms with Crippen LogP contribution in [-0.4, -0.2) is 12.6 Å². The topological polar surface area (TPSA) is 12.0 Å².